The molecule has 0 radical (unpaired) electrons. The molecule has 0 unspecified atom stereocenters. The second kappa shape index (κ2) is 6.70. The zero-order chi connectivity index (χ0) is 19.1. The van der Waals surface area contributed by atoms with E-state index in [9.17, 15) is 8.78 Å². The first-order valence-corrected chi connectivity index (χ1v) is 9.25. The van der Waals surface area contributed by atoms with Crippen LogP contribution >= 0.6 is 0 Å². The number of anilines is 1. The maximum Gasteiger partial charge on any atom is 0.141 e. The number of aromatic amines is 1. The first-order valence-electron chi connectivity index (χ1n) is 9.25. The van der Waals surface area contributed by atoms with Crippen molar-refractivity contribution in [3.63, 3.8) is 0 Å². The van der Waals surface area contributed by atoms with Gasteiger partial charge in [-0.3, -0.25) is 0 Å². The Morgan fingerprint density at radius 3 is 2.86 bits per heavy atom. The molecule has 1 fully saturated rings. The molecule has 6 nitrogen and oxygen atoms in total. The number of imidazole rings is 1. The monoisotopic (exact) mass is 380 g/mol. The van der Waals surface area contributed by atoms with Gasteiger partial charge in [-0.15, -0.1) is 5.10 Å². The highest BCUT2D eigenvalue weighted by molar-refractivity contribution is 5.82. The first-order chi connectivity index (χ1) is 13.7. The normalized spacial score (nSPS) is 14.4. The van der Waals surface area contributed by atoms with E-state index >= 15 is 0 Å². The Morgan fingerprint density at radius 2 is 2.04 bits per heavy atom. The van der Waals surface area contributed by atoms with Gasteiger partial charge in [0.15, 0.2) is 0 Å². The van der Waals surface area contributed by atoms with Gasteiger partial charge in [0, 0.05) is 5.69 Å². The molecule has 0 atom stereocenters. The lowest BCUT2D eigenvalue weighted by molar-refractivity contribution is 0.284. The van der Waals surface area contributed by atoms with Crippen molar-refractivity contribution in [3.05, 3.63) is 59.9 Å². The Labute approximate surface area is 159 Å². The fourth-order valence-electron chi connectivity index (χ4n) is 3.34. The molecule has 5 rings (SSSR count). The molecule has 1 saturated carbocycles. The summed E-state index contributed by atoms with van der Waals surface area (Å²) in [6.45, 7) is 0.553. The summed E-state index contributed by atoms with van der Waals surface area (Å²) in [7, 11) is 0. The summed E-state index contributed by atoms with van der Waals surface area (Å²) < 4.78 is 29.4. The van der Waals surface area contributed by atoms with Gasteiger partial charge in [0.1, 0.15) is 23.2 Å². The van der Waals surface area contributed by atoms with Crippen LogP contribution in [0.4, 0.5) is 14.5 Å². The van der Waals surface area contributed by atoms with Crippen molar-refractivity contribution in [3.8, 4) is 11.4 Å². The Kier molecular flexibility index (Phi) is 4.03. The van der Waals surface area contributed by atoms with Crippen LogP contribution in [0, 0.1) is 11.6 Å². The van der Waals surface area contributed by atoms with Gasteiger partial charge in [0.2, 0.25) is 0 Å². The van der Waals surface area contributed by atoms with Gasteiger partial charge in [0.05, 0.1) is 35.4 Å². The molecule has 142 valence electrons. The van der Waals surface area contributed by atoms with Crippen molar-refractivity contribution in [1.29, 1.82) is 0 Å². The zero-order valence-corrected chi connectivity index (χ0v) is 15.0. The van der Waals surface area contributed by atoms with Crippen molar-refractivity contribution >= 4 is 16.7 Å². The number of nitrogens with zero attached hydrogens (tertiary/aromatic N) is 4. The minimum absolute atomic E-state index is 0.110. The summed E-state index contributed by atoms with van der Waals surface area (Å²) in [5.74, 6) is -0.727. The molecular weight excluding hydrogens is 362 g/mol. The molecule has 0 aliphatic heterocycles. The molecular formula is C20H18F2N6. The Morgan fingerprint density at radius 1 is 1.14 bits per heavy atom. The molecule has 2 N–H and O–H groups in total. The number of H-pyrrole nitrogens is 1. The van der Waals surface area contributed by atoms with Crippen molar-refractivity contribution in [1.82, 2.24) is 25.0 Å². The molecule has 2 aromatic heterocycles. The first kappa shape index (κ1) is 16.9. The number of aromatic nitrogens is 5. The summed E-state index contributed by atoms with van der Waals surface area (Å²) >= 11 is 0. The van der Waals surface area contributed by atoms with E-state index in [2.05, 4.69) is 25.6 Å². The highest BCUT2D eigenvalue weighted by Gasteiger charge is 2.20. The fraction of sp³-hybridized carbons (Fsp3) is 0.250. The Bertz CT molecular complexity index is 1140. The number of nitrogens with one attached hydrogen (secondary N) is 2. The number of fused-ring (bicyclic) bond motifs is 1. The molecule has 28 heavy (non-hydrogen) atoms. The lowest BCUT2D eigenvalue weighted by Crippen LogP contribution is -2.17. The number of benzene rings is 2. The molecule has 0 spiro atoms. The summed E-state index contributed by atoms with van der Waals surface area (Å²) in [6, 6.07) is 9.43. The van der Waals surface area contributed by atoms with Crippen LogP contribution in [-0.4, -0.2) is 25.0 Å². The summed E-state index contributed by atoms with van der Waals surface area (Å²) in [5, 5.41) is 11.7. The lowest BCUT2D eigenvalue weighted by atomic mass is 9.93. The van der Waals surface area contributed by atoms with E-state index in [1.54, 1.807) is 0 Å². The Hall–Kier alpha value is -3.29. The molecule has 0 bridgehead atoms. The van der Waals surface area contributed by atoms with E-state index in [-0.39, 0.29) is 5.56 Å². The van der Waals surface area contributed by atoms with E-state index < -0.39 is 11.6 Å². The largest absolute Gasteiger partial charge is 0.379 e. The minimum atomic E-state index is -0.520. The average Bonchev–Trinajstić information content (AvgIpc) is 3.27. The molecule has 2 heterocycles. The van der Waals surface area contributed by atoms with Gasteiger partial charge in [-0.2, -0.15) is 0 Å². The van der Waals surface area contributed by atoms with Gasteiger partial charge in [-0.1, -0.05) is 5.21 Å². The van der Waals surface area contributed by atoms with Gasteiger partial charge in [0.25, 0.3) is 0 Å². The standard InChI is InChI=1S/C20H18F2N6/c21-12-4-6-17(22)16(8-12)20-24-18-7-5-13(9-19(18)25-20)23-10-14-11-28(27-26-14)15-2-1-3-15/h4-9,11,15,23H,1-3,10H2,(H,24,25). The van der Waals surface area contributed by atoms with Crippen LogP contribution in [0.5, 0.6) is 0 Å². The maximum atomic E-state index is 14.0. The number of halogens is 2. The fourth-order valence-corrected chi connectivity index (χ4v) is 3.34. The van der Waals surface area contributed by atoms with Crippen molar-refractivity contribution in [2.24, 2.45) is 0 Å². The maximum absolute atomic E-state index is 14.0. The lowest BCUT2D eigenvalue weighted by Gasteiger charge is -2.24. The third-order valence-corrected chi connectivity index (χ3v) is 5.15. The van der Waals surface area contributed by atoms with Gasteiger partial charge in [-0.05, 0) is 55.7 Å². The van der Waals surface area contributed by atoms with Crippen LogP contribution < -0.4 is 5.32 Å². The highest BCUT2D eigenvalue weighted by atomic mass is 19.1. The second-order valence-corrected chi connectivity index (χ2v) is 7.07. The summed E-state index contributed by atoms with van der Waals surface area (Å²) in [5.41, 5.74) is 3.28. The zero-order valence-electron chi connectivity index (χ0n) is 15.0. The molecule has 1 aliphatic rings. The minimum Gasteiger partial charge on any atom is -0.379 e. The van der Waals surface area contributed by atoms with E-state index in [1.165, 1.54) is 19.3 Å². The molecule has 2 aromatic carbocycles. The van der Waals surface area contributed by atoms with Crippen LogP contribution in [0.2, 0.25) is 0 Å². The van der Waals surface area contributed by atoms with Gasteiger partial charge >= 0.3 is 0 Å². The summed E-state index contributed by atoms with van der Waals surface area (Å²) in [6.07, 6.45) is 5.57. The van der Waals surface area contributed by atoms with E-state index in [4.69, 9.17) is 0 Å². The van der Waals surface area contributed by atoms with Crippen molar-refractivity contribution in [2.75, 3.05) is 5.32 Å². The average molecular weight is 380 g/mol. The molecule has 0 amide bonds. The third kappa shape index (κ3) is 3.11. The molecule has 1 aliphatic carbocycles. The Balaban J connectivity index is 1.34. The van der Waals surface area contributed by atoms with Crippen LogP contribution in [0.25, 0.3) is 22.4 Å². The SMILES string of the molecule is Fc1ccc(F)c(-c2nc3ccc(NCc4cn(C5CCC5)nn4)cc3[nH]2)c1. The number of hydrogen-bond donors (Lipinski definition) is 2. The van der Waals surface area contributed by atoms with Crippen molar-refractivity contribution in [2.45, 2.75) is 31.8 Å². The summed E-state index contributed by atoms with van der Waals surface area (Å²) in [4.78, 5) is 7.43. The number of rotatable bonds is 5. The molecule has 0 saturated heterocycles. The predicted molar refractivity (Wildman–Crippen MR) is 102 cm³/mol. The number of hydrogen-bond acceptors (Lipinski definition) is 4. The predicted octanol–water partition coefficient (Wildman–Crippen LogP) is 4.44. The molecule has 8 heteroatoms. The van der Waals surface area contributed by atoms with Crippen LogP contribution in [0.3, 0.4) is 0 Å². The topological polar surface area (TPSA) is 71.4 Å². The van der Waals surface area contributed by atoms with E-state index in [0.29, 0.717) is 23.9 Å². The van der Waals surface area contributed by atoms with Crippen LogP contribution in [-0.2, 0) is 6.54 Å². The van der Waals surface area contributed by atoms with Gasteiger partial charge < -0.3 is 10.3 Å². The van der Waals surface area contributed by atoms with E-state index in [0.717, 1.165) is 35.1 Å². The smallest absolute Gasteiger partial charge is 0.141 e. The quantitative estimate of drug-likeness (QED) is 0.537. The highest BCUT2D eigenvalue weighted by Crippen LogP contribution is 2.30. The second-order valence-electron chi connectivity index (χ2n) is 7.07. The molecule has 4 aromatic rings. The van der Waals surface area contributed by atoms with Gasteiger partial charge in [-0.25, -0.2) is 18.4 Å². The van der Waals surface area contributed by atoms with Crippen LogP contribution in [0.1, 0.15) is 31.0 Å². The van der Waals surface area contributed by atoms with E-state index in [1.807, 2.05) is 29.1 Å². The van der Waals surface area contributed by atoms with Crippen LogP contribution in [0.15, 0.2) is 42.6 Å². The third-order valence-electron chi connectivity index (χ3n) is 5.15. The van der Waals surface area contributed by atoms with Crippen molar-refractivity contribution < 1.29 is 8.78 Å².